The summed E-state index contributed by atoms with van der Waals surface area (Å²) in [5.74, 6) is 0.686. The third kappa shape index (κ3) is 5.07. The molecule has 10 nitrogen and oxygen atoms in total. The Labute approximate surface area is 220 Å². The number of hydrogen-bond acceptors (Lipinski definition) is 8. The van der Waals surface area contributed by atoms with E-state index in [1.54, 1.807) is 12.4 Å². The van der Waals surface area contributed by atoms with E-state index in [0.29, 0.717) is 30.4 Å². The van der Waals surface area contributed by atoms with Crippen molar-refractivity contribution in [1.82, 2.24) is 20.2 Å². The van der Waals surface area contributed by atoms with Crippen molar-refractivity contribution in [2.24, 2.45) is 5.73 Å². The third-order valence-corrected chi connectivity index (χ3v) is 6.72. The van der Waals surface area contributed by atoms with Crippen LogP contribution in [0.15, 0.2) is 72.7 Å². The van der Waals surface area contributed by atoms with Crippen molar-refractivity contribution in [3.63, 3.8) is 0 Å². The molecule has 0 unspecified atom stereocenters. The van der Waals surface area contributed by atoms with Crippen molar-refractivity contribution in [3.05, 3.63) is 89.6 Å². The number of carbonyl (C=O) groups is 1. The standard InChI is InChI=1S/C28H28N8O2/c29-24(28(37)32-22-6-3-7-23(12-22)35-8-10-38-11-9-35)13-26-33-25(21-15-30-31-16-21)14-27(34-26)36-17-19-4-1-2-5-20(19)18-36/h1-7,12-16H,8-11,17-18,29H2,(H,30,31)(H,32,37)/b24-13-. The first kappa shape index (κ1) is 23.7. The minimum Gasteiger partial charge on any atom is -0.394 e. The van der Waals surface area contributed by atoms with Crippen molar-refractivity contribution in [1.29, 1.82) is 0 Å². The second-order valence-electron chi connectivity index (χ2n) is 9.28. The lowest BCUT2D eigenvalue weighted by atomic mass is 10.1. The molecule has 2 aliphatic heterocycles. The number of H-pyrrole nitrogens is 1. The second kappa shape index (κ2) is 10.3. The monoisotopic (exact) mass is 508 g/mol. The van der Waals surface area contributed by atoms with E-state index in [1.807, 2.05) is 42.5 Å². The van der Waals surface area contributed by atoms with Crippen molar-refractivity contribution in [2.45, 2.75) is 13.1 Å². The normalized spacial score (nSPS) is 15.4. The van der Waals surface area contributed by atoms with Gasteiger partial charge in [-0.05, 0) is 29.3 Å². The second-order valence-corrected chi connectivity index (χ2v) is 9.28. The molecule has 1 fully saturated rings. The molecule has 2 aromatic carbocycles. The highest BCUT2D eigenvalue weighted by Crippen LogP contribution is 2.29. The van der Waals surface area contributed by atoms with Crippen LogP contribution < -0.4 is 20.9 Å². The lowest BCUT2D eigenvalue weighted by Crippen LogP contribution is -2.36. The summed E-state index contributed by atoms with van der Waals surface area (Å²) in [6, 6.07) is 18.0. The molecule has 0 saturated carbocycles. The zero-order chi connectivity index (χ0) is 25.9. The molecular weight excluding hydrogens is 480 g/mol. The van der Waals surface area contributed by atoms with Crippen LogP contribution >= 0.6 is 0 Å². The number of aromatic amines is 1. The number of amides is 1. The maximum absolute atomic E-state index is 13.0. The van der Waals surface area contributed by atoms with Gasteiger partial charge in [0.05, 0.1) is 25.1 Å². The van der Waals surface area contributed by atoms with Gasteiger partial charge in [-0.3, -0.25) is 9.89 Å². The molecule has 1 saturated heterocycles. The number of nitrogens with one attached hydrogen (secondary N) is 2. The quantitative estimate of drug-likeness (QED) is 0.339. The minimum atomic E-state index is -0.420. The summed E-state index contributed by atoms with van der Waals surface area (Å²) in [4.78, 5) is 26.8. The van der Waals surface area contributed by atoms with Crippen molar-refractivity contribution >= 4 is 29.2 Å². The number of nitrogens with two attached hydrogens (primary N) is 1. The molecule has 2 aliphatic rings. The number of anilines is 3. The molecule has 4 aromatic rings. The summed E-state index contributed by atoms with van der Waals surface area (Å²) < 4.78 is 5.44. The fourth-order valence-corrected chi connectivity index (χ4v) is 4.72. The third-order valence-electron chi connectivity index (χ3n) is 6.72. The summed E-state index contributed by atoms with van der Waals surface area (Å²) in [7, 11) is 0. The first-order valence-electron chi connectivity index (χ1n) is 12.5. The van der Waals surface area contributed by atoms with Crippen molar-refractivity contribution in [2.75, 3.05) is 41.4 Å². The Balaban J connectivity index is 1.24. The van der Waals surface area contributed by atoms with Gasteiger partial charge >= 0.3 is 0 Å². The molecule has 0 spiro atoms. The Kier molecular flexibility index (Phi) is 6.45. The Morgan fingerprint density at radius 3 is 2.53 bits per heavy atom. The van der Waals surface area contributed by atoms with Gasteiger partial charge in [0, 0.05) is 61.5 Å². The smallest absolute Gasteiger partial charge is 0.271 e. The largest absolute Gasteiger partial charge is 0.394 e. The summed E-state index contributed by atoms with van der Waals surface area (Å²) in [6.07, 6.45) is 4.99. The van der Waals surface area contributed by atoms with E-state index in [1.165, 1.54) is 17.2 Å². The highest BCUT2D eigenvalue weighted by molar-refractivity contribution is 6.06. The molecular formula is C28H28N8O2. The van der Waals surface area contributed by atoms with Gasteiger partial charge in [0.15, 0.2) is 5.82 Å². The molecule has 4 N–H and O–H groups in total. The first-order chi connectivity index (χ1) is 18.6. The summed E-state index contributed by atoms with van der Waals surface area (Å²) in [6.45, 7) is 4.50. The molecule has 0 bridgehead atoms. The van der Waals surface area contributed by atoms with Gasteiger partial charge in [-0.15, -0.1) is 0 Å². The first-order valence-corrected chi connectivity index (χ1v) is 12.5. The molecule has 1 amide bonds. The van der Waals surface area contributed by atoms with Crippen LogP contribution in [0, 0.1) is 0 Å². The van der Waals surface area contributed by atoms with Crippen LogP contribution in [0.2, 0.25) is 0 Å². The van der Waals surface area contributed by atoms with Crippen LogP contribution in [0.3, 0.4) is 0 Å². The van der Waals surface area contributed by atoms with Crippen molar-refractivity contribution in [3.8, 4) is 11.3 Å². The van der Waals surface area contributed by atoms with E-state index in [2.05, 4.69) is 42.4 Å². The lowest BCUT2D eigenvalue weighted by Gasteiger charge is -2.29. The van der Waals surface area contributed by atoms with Gasteiger partial charge in [-0.2, -0.15) is 5.10 Å². The lowest BCUT2D eigenvalue weighted by molar-refractivity contribution is -0.112. The van der Waals surface area contributed by atoms with Crippen LogP contribution in [0.4, 0.5) is 17.2 Å². The van der Waals surface area contributed by atoms with E-state index >= 15 is 0 Å². The Morgan fingerprint density at radius 2 is 1.79 bits per heavy atom. The zero-order valence-corrected chi connectivity index (χ0v) is 20.8. The Hall–Kier alpha value is -4.70. The van der Waals surface area contributed by atoms with Crippen LogP contribution in [0.1, 0.15) is 17.0 Å². The van der Waals surface area contributed by atoms with E-state index in [-0.39, 0.29) is 5.70 Å². The number of carbonyl (C=O) groups excluding carboxylic acids is 1. The highest BCUT2D eigenvalue weighted by Gasteiger charge is 2.21. The number of hydrogen-bond donors (Lipinski definition) is 3. The predicted octanol–water partition coefficient (Wildman–Crippen LogP) is 3.16. The zero-order valence-electron chi connectivity index (χ0n) is 20.8. The topological polar surface area (TPSA) is 125 Å². The van der Waals surface area contributed by atoms with Gasteiger partial charge in [-0.25, -0.2) is 9.97 Å². The number of fused-ring (bicyclic) bond motifs is 1. The van der Waals surface area contributed by atoms with Crippen LogP contribution in [-0.2, 0) is 22.6 Å². The average Bonchev–Trinajstić information content (AvgIpc) is 3.64. The van der Waals surface area contributed by atoms with Gasteiger partial charge in [0.25, 0.3) is 5.91 Å². The molecule has 38 heavy (non-hydrogen) atoms. The molecule has 10 heteroatoms. The minimum absolute atomic E-state index is 0.0155. The fourth-order valence-electron chi connectivity index (χ4n) is 4.72. The molecule has 4 heterocycles. The maximum Gasteiger partial charge on any atom is 0.271 e. The highest BCUT2D eigenvalue weighted by atomic mass is 16.5. The molecule has 0 aliphatic carbocycles. The summed E-state index contributed by atoms with van der Waals surface area (Å²) in [5, 5.41) is 9.77. The predicted molar refractivity (Wildman–Crippen MR) is 146 cm³/mol. The molecule has 6 rings (SSSR count). The number of morpholine rings is 1. The SMILES string of the molecule is N/C(=C\c1nc(-c2cn[nH]c2)cc(N2Cc3ccccc3C2)n1)C(=O)Nc1cccc(N2CCOCC2)c1. The van der Waals surface area contributed by atoms with Crippen LogP contribution in [0.5, 0.6) is 0 Å². The van der Waals surface area contributed by atoms with Gasteiger partial charge in [0.1, 0.15) is 11.5 Å². The molecule has 0 radical (unpaired) electrons. The molecule has 0 atom stereocenters. The number of aromatic nitrogens is 4. The van der Waals surface area contributed by atoms with Gasteiger partial charge < -0.3 is 25.6 Å². The van der Waals surface area contributed by atoms with E-state index in [9.17, 15) is 4.79 Å². The van der Waals surface area contributed by atoms with Crippen LogP contribution in [-0.4, -0.2) is 52.4 Å². The number of benzene rings is 2. The van der Waals surface area contributed by atoms with E-state index in [4.69, 9.17) is 15.5 Å². The number of ether oxygens (including phenoxy) is 1. The van der Waals surface area contributed by atoms with Gasteiger partial charge in [0.2, 0.25) is 0 Å². The summed E-state index contributed by atoms with van der Waals surface area (Å²) in [5.41, 5.74) is 12.0. The maximum atomic E-state index is 13.0. The van der Waals surface area contributed by atoms with E-state index in [0.717, 1.165) is 43.2 Å². The Bertz CT molecular complexity index is 1450. The number of nitrogens with zero attached hydrogens (tertiary/aromatic N) is 5. The van der Waals surface area contributed by atoms with Crippen LogP contribution in [0.25, 0.3) is 17.3 Å². The average molecular weight is 509 g/mol. The Morgan fingerprint density at radius 1 is 1.00 bits per heavy atom. The van der Waals surface area contributed by atoms with E-state index < -0.39 is 5.91 Å². The molecule has 2 aromatic heterocycles. The summed E-state index contributed by atoms with van der Waals surface area (Å²) >= 11 is 0. The van der Waals surface area contributed by atoms with Gasteiger partial charge in [-0.1, -0.05) is 30.3 Å². The fraction of sp³-hybridized carbons (Fsp3) is 0.214. The number of rotatable bonds is 6. The van der Waals surface area contributed by atoms with Crippen molar-refractivity contribution < 1.29 is 9.53 Å². The molecule has 192 valence electrons.